The molecule has 0 aromatic carbocycles. The number of ether oxygens (including phenoxy) is 1. The van der Waals surface area contributed by atoms with E-state index in [4.69, 9.17) is 11.6 Å². The molecular formula is C13H18ClF3OS. The number of halogens is 4. The summed E-state index contributed by atoms with van der Waals surface area (Å²) in [6, 6.07) is 3.96. The minimum Gasteiger partial charge on any atom is -0.372 e. The summed E-state index contributed by atoms with van der Waals surface area (Å²) < 4.78 is 40.2. The Labute approximate surface area is 120 Å². The molecule has 1 rings (SSSR count). The molecule has 0 N–H and O–H groups in total. The summed E-state index contributed by atoms with van der Waals surface area (Å²) in [5.41, 5.74) is 0.0618. The smallest absolute Gasteiger partial charge is 0.372 e. The predicted octanol–water partition coefficient (Wildman–Crippen LogP) is 5.29. The lowest BCUT2D eigenvalue weighted by atomic mass is 9.95. The van der Waals surface area contributed by atoms with Crippen molar-refractivity contribution in [3.05, 3.63) is 21.9 Å². The first-order valence-corrected chi connectivity index (χ1v) is 7.23. The van der Waals surface area contributed by atoms with E-state index in [1.165, 1.54) is 4.88 Å². The normalized spacial score (nSPS) is 14.7. The molecule has 0 saturated heterocycles. The van der Waals surface area contributed by atoms with Crippen molar-refractivity contribution in [2.24, 2.45) is 0 Å². The van der Waals surface area contributed by atoms with Gasteiger partial charge in [-0.25, -0.2) is 0 Å². The number of thiophene rings is 1. The Hall–Kier alpha value is -0.260. The molecule has 1 aromatic heterocycles. The van der Waals surface area contributed by atoms with Crippen LogP contribution in [0.15, 0.2) is 12.1 Å². The van der Waals surface area contributed by atoms with Crippen LogP contribution in [0.3, 0.4) is 0 Å². The first-order valence-electron chi connectivity index (χ1n) is 5.98. The number of hydrogen-bond donors (Lipinski definition) is 0. The van der Waals surface area contributed by atoms with Crippen molar-refractivity contribution < 1.29 is 17.9 Å². The zero-order valence-electron chi connectivity index (χ0n) is 11.2. The fraction of sp³-hybridized carbons (Fsp3) is 0.692. The highest BCUT2D eigenvalue weighted by Crippen LogP contribution is 2.35. The van der Waals surface area contributed by atoms with E-state index >= 15 is 0 Å². The average molecular weight is 315 g/mol. The summed E-state index contributed by atoms with van der Waals surface area (Å²) in [6.45, 7) is 5.12. The molecule has 0 saturated carbocycles. The molecule has 1 heterocycles. The molecule has 1 unspecified atom stereocenters. The Kier molecular flexibility index (Phi) is 5.71. The lowest BCUT2D eigenvalue weighted by molar-refractivity contribution is -0.174. The van der Waals surface area contributed by atoms with E-state index in [0.29, 0.717) is 6.42 Å². The van der Waals surface area contributed by atoms with Gasteiger partial charge in [0.05, 0.1) is 5.38 Å². The molecule has 0 aliphatic heterocycles. The van der Waals surface area contributed by atoms with Crippen LogP contribution in [-0.2, 0) is 10.2 Å². The Bertz CT molecular complexity index is 395. The maximum atomic E-state index is 11.9. The Balaban J connectivity index is 2.42. The first kappa shape index (κ1) is 16.8. The lowest BCUT2D eigenvalue weighted by Crippen LogP contribution is -2.17. The summed E-state index contributed by atoms with van der Waals surface area (Å²) in [6.07, 6.45) is -3.90. The zero-order chi connectivity index (χ0) is 14.7. The molecule has 0 aliphatic rings. The van der Waals surface area contributed by atoms with Gasteiger partial charge in [0.25, 0.3) is 0 Å². The van der Waals surface area contributed by atoms with Gasteiger partial charge in [-0.2, -0.15) is 13.2 Å². The Morgan fingerprint density at radius 3 is 2.37 bits per heavy atom. The second-order valence-electron chi connectivity index (χ2n) is 5.38. The molecule has 0 aliphatic carbocycles. The Morgan fingerprint density at radius 1 is 1.26 bits per heavy atom. The first-order chi connectivity index (χ1) is 8.59. The molecule has 19 heavy (non-hydrogen) atoms. The van der Waals surface area contributed by atoms with Gasteiger partial charge in [0.1, 0.15) is 6.61 Å². The molecule has 0 spiro atoms. The van der Waals surface area contributed by atoms with Crippen LogP contribution in [0, 0.1) is 0 Å². The van der Waals surface area contributed by atoms with Gasteiger partial charge < -0.3 is 4.74 Å². The van der Waals surface area contributed by atoms with Crippen LogP contribution in [0.1, 0.15) is 42.3 Å². The van der Waals surface area contributed by atoms with Crippen molar-refractivity contribution >= 4 is 22.9 Å². The summed E-state index contributed by atoms with van der Waals surface area (Å²) in [4.78, 5) is 2.19. The number of hydrogen-bond acceptors (Lipinski definition) is 2. The minimum absolute atomic E-state index is 0.0103. The van der Waals surface area contributed by atoms with E-state index in [1.54, 1.807) is 11.3 Å². The van der Waals surface area contributed by atoms with Gasteiger partial charge in [0.15, 0.2) is 0 Å². The van der Waals surface area contributed by atoms with E-state index in [9.17, 15) is 13.2 Å². The summed E-state index contributed by atoms with van der Waals surface area (Å²) in [5, 5.41) is -0.297. The molecule has 110 valence electrons. The van der Waals surface area contributed by atoms with E-state index < -0.39 is 12.8 Å². The van der Waals surface area contributed by atoms with Gasteiger partial charge >= 0.3 is 6.18 Å². The van der Waals surface area contributed by atoms with Crippen molar-refractivity contribution in [1.29, 1.82) is 0 Å². The van der Waals surface area contributed by atoms with Crippen LogP contribution < -0.4 is 0 Å². The van der Waals surface area contributed by atoms with Gasteiger partial charge in [-0.3, -0.25) is 0 Å². The molecule has 0 radical (unpaired) electrons. The van der Waals surface area contributed by atoms with Crippen LogP contribution in [0.5, 0.6) is 0 Å². The maximum absolute atomic E-state index is 11.9. The highest BCUT2D eigenvalue weighted by molar-refractivity contribution is 7.12. The summed E-state index contributed by atoms with van der Waals surface area (Å²) in [7, 11) is 0. The van der Waals surface area contributed by atoms with Crippen molar-refractivity contribution in [3.8, 4) is 0 Å². The molecule has 1 nitrogen and oxygen atoms in total. The summed E-state index contributed by atoms with van der Waals surface area (Å²) >= 11 is 7.77. The van der Waals surface area contributed by atoms with Gasteiger partial charge in [-0.05, 0) is 24.0 Å². The van der Waals surface area contributed by atoms with Crippen LogP contribution >= 0.6 is 22.9 Å². The third-order valence-corrected chi connectivity index (χ3v) is 4.66. The fourth-order valence-corrected chi connectivity index (χ4v) is 2.81. The molecular weight excluding hydrogens is 297 g/mol. The van der Waals surface area contributed by atoms with Crippen LogP contribution in [0.25, 0.3) is 0 Å². The van der Waals surface area contributed by atoms with E-state index in [2.05, 4.69) is 25.5 Å². The predicted molar refractivity (Wildman–Crippen MR) is 73.1 cm³/mol. The van der Waals surface area contributed by atoms with Crippen molar-refractivity contribution in [1.82, 2.24) is 0 Å². The van der Waals surface area contributed by atoms with Gasteiger partial charge in [0, 0.05) is 16.4 Å². The molecule has 1 atom stereocenters. The van der Waals surface area contributed by atoms with E-state index in [-0.39, 0.29) is 17.4 Å². The topological polar surface area (TPSA) is 9.23 Å². The minimum atomic E-state index is -4.27. The van der Waals surface area contributed by atoms with Gasteiger partial charge in [-0.1, -0.05) is 20.8 Å². The van der Waals surface area contributed by atoms with Gasteiger partial charge in [0.2, 0.25) is 0 Å². The second-order valence-corrected chi connectivity index (χ2v) is 7.02. The third-order valence-electron chi connectivity index (χ3n) is 2.46. The quantitative estimate of drug-likeness (QED) is 0.529. The fourth-order valence-electron chi connectivity index (χ4n) is 1.44. The van der Waals surface area contributed by atoms with Gasteiger partial charge in [-0.15, -0.1) is 22.9 Å². The third kappa shape index (κ3) is 6.15. The molecule has 0 fully saturated rings. The Morgan fingerprint density at radius 2 is 1.89 bits per heavy atom. The molecule has 0 amide bonds. The summed E-state index contributed by atoms with van der Waals surface area (Å²) in [5.74, 6) is 0. The van der Waals surface area contributed by atoms with Crippen LogP contribution in [0.2, 0.25) is 0 Å². The second kappa shape index (κ2) is 6.46. The number of alkyl halides is 4. The number of rotatable bonds is 5. The maximum Gasteiger partial charge on any atom is 0.411 e. The zero-order valence-corrected chi connectivity index (χ0v) is 12.8. The highest BCUT2D eigenvalue weighted by Gasteiger charge is 2.27. The SMILES string of the molecule is CC(C)(C)c1ccc(C(Cl)CCOCC(F)(F)F)s1. The van der Waals surface area contributed by atoms with Crippen LogP contribution in [0.4, 0.5) is 13.2 Å². The monoisotopic (exact) mass is 314 g/mol. The highest BCUT2D eigenvalue weighted by atomic mass is 35.5. The average Bonchev–Trinajstić information content (AvgIpc) is 2.71. The van der Waals surface area contributed by atoms with E-state index in [0.717, 1.165) is 4.88 Å². The van der Waals surface area contributed by atoms with Crippen molar-refractivity contribution in [2.75, 3.05) is 13.2 Å². The molecule has 6 heteroatoms. The van der Waals surface area contributed by atoms with E-state index in [1.807, 2.05) is 12.1 Å². The standard InChI is InChI=1S/C13H18ClF3OS/c1-12(2,3)11-5-4-10(19-11)9(14)6-7-18-8-13(15,16)17/h4-5,9H,6-8H2,1-3H3. The van der Waals surface area contributed by atoms with Crippen molar-refractivity contribution in [3.63, 3.8) is 0 Å². The molecule has 0 bridgehead atoms. The lowest BCUT2D eigenvalue weighted by Gasteiger charge is -2.15. The largest absolute Gasteiger partial charge is 0.411 e. The van der Waals surface area contributed by atoms with Crippen LogP contribution in [-0.4, -0.2) is 19.4 Å². The molecule has 1 aromatic rings. The van der Waals surface area contributed by atoms with Crippen molar-refractivity contribution in [2.45, 2.75) is 44.2 Å².